The van der Waals surface area contributed by atoms with Crippen LogP contribution in [0.25, 0.3) is 0 Å². The number of carbonyl (C=O) groups excluding carboxylic acids is 2. The van der Waals surface area contributed by atoms with Crippen LogP contribution >= 0.6 is 0 Å². The molecule has 2 amide bonds. The summed E-state index contributed by atoms with van der Waals surface area (Å²) in [5.41, 5.74) is 8.99. The van der Waals surface area contributed by atoms with Crippen LogP contribution in [0.1, 0.15) is 25.8 Å². The fraction of sp³-hybridized carbons (Fsp3) is 0.429. The summed E-state index contributed by atoms with van der Waals surface area (Å²) >= 11 is 0. The Labute approximate surface area is 118 Å². The molecule has 0 fully saturated rings. The number of carbonyl (C=O) groups is 2. The van der Waals surface area contributed by atoms with E-state index in [0.717, 1.165) is 16.9 Å². The van der Waals surface area contributed by atoms with Gasteiger partial charge in [0.2, 0.25) is 11.8 Å². The zero-order chi connectivity index (χ0) is 14.7. The lowest BCUT2D eigenvalue weighted by Gasteiger charge is -2.21. The van der Waals surface area contributed by atoms with E-state index in [0.29, 0.717) is 25.1 Å². The first-order valence-electron chi connectivity index (χ1n) is 6.77. The van der Waals surface area contributed by atoms with Gasteiger partial charge in [0.25, 0.3) is 0 Å². The Kier molecular flexibility index (Phi) is 4.12. The summed E-state index contributed by atoms with van der Waals surface area (Å²) in [6.45, 7) is 4.25. The molecule has 0 bridgehead atoms. The van der Waals surface area contributed by atoms with Crippen LogP contribution in [-0.2, 0) is 16.0 Å². The summed E-state index contributed by atoms with van der Waals surface area (Å²) in [6, 6.07) is 3.27. The highest BCUT2D eigenvalue weighted by Crippen LogP contribution is 2.31. The third-order valence-electron chi connectivity index (χ3n) is 3.29. The van der Waals surface area contributed by atoms with Gasteiger partial charge in [0.05, 0.1) is 11.4 Å². The molecule has 5 N–H and O–H groups in total. The maximum absolute atomic E-state index is 11.7. The smallest absolute Gasteiger partial charge is 0.242 e. The van der Waals surface area contributed by atoms with Gasteiger partial charge in [-0.1, -0.05) is 0 Å². The first-order chi connectivity index (χ1) is 9.51. The van der Waals surface area contributed by atoms with E-state index in [1.54, 1.807) is 13.0 Å². The van der Waals surface area contributed by atoms with Crippen LogP contribution in [0, 0.1) is 0 Å². The molecule has 2 rings (SSSR count). The summed E-state index contributed by atoms with van der Waals surface area (Å²) in [5.74, 6) is -0.0637. The van der Waals surface area contributed by atoms with Crippen molar-refractivity contribution in [3.8, 4) is 0 Å². The molecule has 108 valence electrons. The van der Waals surface area contributed by atoms with Crippen LogP contribution in [0.4, 0.5) is 17.1 Å². The number of nitrogens with two attached hydrogens (primary N) is 1. The quantitative estimate of drug-likeness (QED) is 0.619. The van der Waals surface area contributed by atoms with Crippen molar-refractivity contribution in [3.63, 3.8) is 0 Å². The van der Waals surface area contributed by atoms with Crippen molar-refractivity contribution in [2.45, 2.75) is 32.7 Å². The minimum absolute atomic E-state index is 0.00769. The van der Waals surface area contributed by atoms with Gasteiger partial charge in [0.15, 0.2) is 0 Å². The molecule has 0 spiro atoms. The van der Waals surface area contributed by atoms with Crippen LogP contribution in [0.5, 0.6) is 0 Å². The van der Waals surface area contributed by atoms with E-state index in [2.05, 4.69) is 16.0 Å². The third kappa shape index (κ3) is 3.01. The van der Waals surface area contributed by atoms with Gasteiger partial charge < -0.3 is 21.7 Å². The van der Waals surface area contributed by atoms with Gasteiger partial charge in [-0.05, 0) is 38.0 Å². The predicted octanol–water partition coefficient (Wildman–Crippen LogP) is 1.09. The number of amides is 2. The van der Waals surface area contributed by atoms with Gasteiger partial charge in [-0.25, -0.2) is 0 Å². The summed E-state index contributed by atoms with van der Waals surface area (Å²) in [7, 11) is 0. The van der Waals surface area contributed by atoms with Gasteiger partial charge in [0.1, 0.15) is 6.04 Å². The molecule has 0 saturated heterocycles. The molecule has 6 nitrogen and oxygen atoms in total. The first-order valence-corrected chi connectivity index (χ1v) is 6.77. The normalized spacial score (nSPS) is 15.0. The molecule has 1 aromatic carbocycles. The minimum Gasteiger partial charge on any atom is -0.397 e. The molecule has 1 aliphatic rings. The third-order valence-corrected chi connectivity index (χ3v) is 3.29. The number of fused-ring (bicyclic) bond motifs is 1. The van der Waals surface area contributed by atoms with Crippen LogP contribution in [0.3, 0.4) is 0 Å². The number of rotatable bonds is 4. The molecular weight excluding hydrogens is 256 g/mol. The fourth-order valence-corrected chi connectivity index (χ4v) is 2.20. The highest BCUT2D eigenvalue weighted by Gasteiger charge is 2.18. The molecule has 0 saturated carbocycles. The second-order valence-corrected chi connectivity index (χ2v) is 4.91. The van der Waals surface area contributed by atoms with Crippen LogP contribution in [-0.4, -0.2) is 24.4 Å². The summed E-state index contributed by atoms with van der Waals surface area (Å²) in [5, 5.41) is 8.66. The monoisotopic (exact) mass is 276 g/mol. The van der Waals surface area contributed by atoms with E-state index in [-0.39, 0.29) is 17.9 Å². The van der Waals surface area contributed by atoms with E-state index in [1.165, 1.54) is 0 Å². The van der Waals surface area contributed by atoms with Crippen molar-refractivity contribution in [3.05, 3.63) is 17.7 Å². The van der Waals surface area contributed by atoms with Gasteiger partial charge in [-0.2, -0.15) is 0 Å². The van der Waals surface area contributed by atoms with Crippen molar-refractivity contribution in [1.29, 1.82) is 0 Å². The van der Waals surface area contributed by atoms with Crippen LogP contribution < -0.4 is 21.7 Å². The van der Waals surface area contributed by atoms with Gasteiger partial charge >= 0.3 is 0 Å². The predicted molar refractivity (Wildman–Crippen MR) is 79.6 cm³/mol. The second-order valence-electron chi connectivity index (χ2n) is 4.91. The Morgan fingerprint density at radius 2 is 2.20 bits per heavy atom. The summed E-state index contributed by atoms with van der Waals surface area (Å²) in [6.07, 6.45) is 1.16. The van der Waals surface area contributed by atoms with E-state index >= 15 is 0 Å². The van der Waals surface area contributed by atoms with E-state index in [9.17, 15) is 9.59 Å². The standard InChI is InChI=1S/C14H20N4O2/c1-3-16-14(20)8(2)17-12-6-9-4-5-13(19)18-11(9)7-10(12)15/h6-8,17H,3-5,15H2,1-2H3,(H,16,20)(H,18,19). The number of hydrogen-bond donors (Lipinski definition) is 4. The van der Waals surface area contributed by atoms with Crippen molar-refractivity contribution in [2.24, 2.45) is 0 Å². The van der Waals surface area contributed by atoms with Crippen LogP contribution in [0.15, 0.2) is 12.1 Å². The number of hydrogen-bond acceptors (Lipinski definition) is 4. The van der Waals surface area contributed by atoms with E-state index < -0.39 is 0 Å². The lowest BCUT2D eigenvalue weighted by molar-refractivity contribution is -0.121. The van der Waals surface area contributed by atoms with Crippen molar-refractivity contribution < 1.29 is 9.59 Å². The van der Waals surface area contributed by atoms with Crippen molar-refractivity contribution >= 4 is 28.9 Å². The van der Waals surface area contributed by atoms with E-state index in [4.69, 9.17) is 5.73 Å². The molecule has 6 heteroatoms. The van der Waals surface area contributed by atoms with E-state index in [1.807, 2.05) is 13.0 Å². The molecule has 1 heterocycles. The molecule has 0 aliphatic carbocycles. The van der Waals surface area contributed by atoms with Crippen molar-refractivity contribution in [1.82, 2.24) is 5.32 Å². The highest BCUT2D eigenvalue weighted by atomic mass is 16.2. The summed E-state index contributed by atoms with van der Waals surface area (Å²) in [4.78, 5) is 23.1. The Morgan fingerprint density at radius 1 is 1.45 bits per heavy atom. The molecule has 0 radical (unpaired) electrons. The zero-order valence-corrected chi connectivity index (χ0v) is 11.7. The van der Waals surface area contributed by atoms with Crippen LogP contribution in [0.2, 0.25) is 0 Å². The lowest BCUT2D eigenvalue weighted by atomic mass is 10.0. The first kappa shape index (κ1) is 14.2. The Hall–Kier alpha value is -2.24. The molecule has 1 unspecified atom stereocenters. The largest absolute Gasteiger partial charge is 0.397 e. The van der Waals surface area contributed by atoms with Gasteiger partial charge in [-0.15, -0.1) is 0 Å². The molecule has 0 aromatic heterocycles. The highest BCUT2D eigenvalue weighted by molar-refractivity contribution is 5.96. The average Bonchev–Trinajstić information content (AvgIpc) is 2.40. The maximum atomic E-state index is 11.7. The zero-order valence-electron chi connectivity index (χ0n) is 11.7. The number of likely N-dealkylation sites (N-methyl/N-ethyl adjacent to an activating group) is 1. The molecular formula is C14H20N4O2. The SMILES string of the molecule is CCNC(=O)C(C)Nc1cc2c(cc1N)NC(=O)CC2. The number of benzene rings is 1. The number of nitrogen functional groups attached to an aromatic ring is 1. The number of aryl methyl sites for hydroxylation is 1. The molecule has 1 aromatic rings. The topological polar surface area (TPSA) is 96.2 Å². The maximum Gasteiger partial charge on any atom is 0.242 e. The Balaban J connectivity index is 2.17. The summed E-state index contributed by atoms with van der Waals surface area (Å²) < 4.78 is 0. The average molecular weight is 276 g/mol. The van der Waals surface area contributed by atoms with Gasteiger partial charge in [0, 0.05) is 18.7 Å². The molecule has 1 aliphatic heterocycles. The lowest BCUT2D eigenvalue weighted by Crippen LogP contribution is -2.37. The number of nitrogens with one attached hydrogen (secondary N) is 3. The van der Waals surface area contributed by atoms with Gasteiger partial charge in [-0.3, -0.25) is 9.59 Å². The molecule has 20 heavy (non-hydrogen) atoms. The fourth-order valence-electron chi connectivity index (χ4n) is 2.20. The van der Waals surface area contributed by atoms with Crippen molar-refractivity contribution in [2.75, 3.05) is 22.9 Å². The Bertz CT molecular complexity index is 542. The second kappa shape index (κ2) is 5.81. The number of anilines is 3. The minimum atomic E-state index is -0.367. The molecule has 1 atom stereocenters. The Morgan fingerprint density at radius 3 is 2.90 bits per heavy atom.